The molecule has 0 bridgehead atoms. The van der Waals surface area contributed by atoms with E-state index < -0.39 is 0 Å². The normalized spacial score (nSPS) is 10.1. The van der Waals surface area contributed by atoms with Crippen LogP contribution in [0.1, 0.15) is 16.3 Å². The summed E-state index contributed by atoms with van der Waals surface area (Å²) in [5.74, 6) is 0.272. The van der Waals surface area contributed by atoms with Crippen molar-refractivity contribution in [2.75, 3.05) is 0 Å². The third-order valence-corrected chi connectivity index (χ3v) is 2.07. The highest BCUT2D eigenvalue weighted by atomic mass is 35.5. The molecule has 0 fully saturated rings. The molecular formula is C9H8ClN5O. The number of nitrogens with one attached hydrogen (secondary N) is 2. The van der Waals surface area contributed by atoms with Crippen molar-refractivity contribution in [3.63, 3.8) is 0 Å². The van der Waals surface area contributed by atoms with Gasteiger partial charge in [0.2, 0.25) is 0 Å². The third-order valence-electron chi connectivity index (χ3n) is 1.84. The molecule has 2 heterocycles. The smallest absolute Gasteiger partial charge is 0.270 e. The molecule has 0 saturated carbocycles. The molecule has 0 saturated heterocycles. The lowest BCUT2D eigenvalue weighted by atomic mass is 10.3. The van der Waals surface area contributed by atoms with Gasteiger partial charge in [-0.2, -0.15) is 5.10 Å². The van der Waals surface area contributed by atoms with Crippen molar-refractivity contribution < 1.29 is 4.79 Å². The first kappa shape index (κ1) is 10.6. The molecule has 0 unspecified atom stereocenters. The number of halogens is 1. The molecular weight excluding hydrogens is 230 g/mol. The van der Waals surface area contributed by atoms with Gasteiger partial charge < -0.3 is 5.32 Å². The summed E-state index contributed by atoms with van der Waals surface area (Å²) in [6.45, 7) is 0.271. The van der Waals surface area contributed by atoms with Crippen LogP contribution in [0.25, 0.3) is 0 Å². The molecule has 0 aliphatic rings. The van der Waals surface area contributed by atoms with Crippen LogP contribution < -0.4 is 5.32 Å². The number of H-pyrrole nitrogens is 1. The van der Waals surface area contributed by atoms with E-state index in [2.05, 4.69) is 25.5 Å². The van der Waals surface area contributed by atoms with Crippen LogP contribution in [0.3, 0.4) is 0 Å². The van der Waals surface area contributed by atoms with Gasteiger partial charge in [0.15, 0.2) is 0 Å². The minimum Gasteiger partial charge on any atom is -0.343 e. The Kier molecular flexibility index (Phi) is 3.11. The zero-order valence-corrected chi connectivity index (χ0v) is 8.90. The van der Waals surface area contributed by atoms with Crippen LogP contribution in [-0.2, 0) is 6.54 Å². The Balaban J connectivity index is 1.98. The van der Waals surface area contributed by atoms with Gasteiger partial charge in [-0.1, -0.05) is 11.6 Å². The number of hydrogen-bond acceptors (Lipinski definition) is 4. The highest BCUT2D eigenvalue weighted by Crippen LogP contribution is 2.07. The van der Waals surface area contributed by atoms with Crippen molar-refractivity contribution in [1.82, 2.24) is 25.5 Å². The molecule has 0 atom stereocenters. The van der Waals surface area contributed by atoms with Crippen molar-refractivity contribution in [3.05, 3.63) is 41.2 Å². The average molecular weight is 238 g/mol. The van der Waals surface area contributed by atoms with Crippen LogP contribution in [0, 0.1) is 0 Å². The van der Waals surface area contributed by atoms with Gasteiger partial charge in [0.1, 0.15) is 17.8 Å². The second-order valence-electron chi connectivity index (χ2n) is 2.97. The van der Waals surface area contributed by atoms with Crippen LogP contribution in [0.5, 0.6) is 0 Å². The molecule has 2 rings (SSSR count). The summed E-state index contributed by atoms with van der Waals surface area (Å²) in [5.41, 5.74) is 0.270. The van der Waals surface area contributed by atoms with Crippen LogP contribution in [-0.4, -0.2) is 26.1 Å². The topological polar surface area (TPSA) is 83.6 Å². The Labute approximate surface area is 96.1 Å². The van der Waals surface area contributed by atoms with E-state index in [1.165, 1.54) is 18.6 Å². The highest BCUT2D eigenvalue weighted by Gasteiger charge is 2.07. The second kappa shape index (κ2) is 4.71. The molecule has 0 aromatic carbocycles. The summed E-state index contributed by atoms with van der Waals surface area (Å²) >= 11 is 5.74. The largest absolute Gasteiger partial charge is 0.343 e. The van der Waals surface area contributed by atoms with Gasteiger partial charge in [-0.05, 0) is 12.1 Å². The summed E-state index contributed by atoms with van der Waals surface area (Å²) in [7, 11) is 0. The Bertz CT molecular complexity index is 484. The molecule has 82 valence electrons. The SMILES string of the molecule is O=C(NCc1ncn[nH]1)c1cc(Cl)ccn1. The van der Waals surface area contributed by atoms with Crippen LogP contribution >= 0.6 is 11.6 Å². The fraction of sp³-hybridized carbons (Fsp3) is 0.111. The average Bonchev–Trinajstić information content (AvgIpc) is 2.78. The first-order valence-electron chi connectivity index (χ1n) is 4.49. The van der Waals surface area contributed by atoms with Gasteiger partial charge in [0.25, 0.3) is 5.91 Å². The summed E-state index contributed by atoms with van der Waals surface area (Å²) in [6.07, 6.45) is 2.85. The molecule has 2 N–H and O–H groups in total. The Morgan fingerprint density at radius 2 is 2.38 bits per heavy atom. The van der Waals surface area contributed by atoms with Gasteiger partial charge >= 0.3 is 0 Å². The maximum absolute atomic E-state index is 11.6. The van der Waals surface area contributed by atoms with E-state index in [1.807, 2.05) is 0 Å². The maximum atomic E-state index is 11.6. The van der Waals surface area contributed by atoms with E-state index in [-0.39, 0.29) is 18.1 Å². The van der Waals surface area contributed by atoms with Gasteiger partial charge in [-0.3, -0.25) is 14.9 Å². The first-order valence-corrected chi connectivity index (χ1v) is 4.87. The molecule has 6 nitrogen and oxygen atoms in total. The summed E-state index contributed by atoms with van der Waals surface area (Å²) in [6, 6.07) is 3.10. The number of nitrogens with zero attached hydrogens (tertiary/aromatic N) is 3. The minimum absolute atomic E-state index is 0.270. The van der Waals surface area contributed by atoms with Crippen molar-refractivity contribution >= 4 is 17.5 Å². The van der Waals surface area contributed by atoms with Crippen LogP contribution in [0.4, 0.5) is 0 Å². The van der Waals surface area contributed by atoms with E-state index in [9.17, 15) is 4.79 Å². The zero-order valence-electron chi connectivity index (χ0n) is 8.14. The van der Waals surface area contributed by atoms with Gasteiger partial charge in [0, 0.05) is 11.2 Å². The lowest BCUT2D eigenvalue weighted by Crippen LogP contribution is -2.24. The molecule has 16 heavy (non-hydrogen) atoms. The maximum Gasteiger partial charge on any atom is 0.270 e. The van der Waals surface area contributed by atoms with E-state index in [0.29, 0.717) is 10.8 Å². The van der Waals surface area contributed by atoms with E-state index in [0.717, 1.165) is 0 Å². The molecule has 0 spiro atoms. The predicted octanol–water partition coefficient (Wildman–Crippen LogP) is 0.783. The van der Waals surface area contributed by atoms with Crippen molar-refractivity contribution in [1.29, 1.82) is 0 Å². The second-order valence-corrected chi connectivity index (χ2v) is 3.41. The van der Waals surface area contributed by atoms with Crippen LogP contribution in [0.15, 0.2) is 24.7 Å². The van der Waals surface area contributed by atoms with E-state index in [4.69, 9.17) is 11.6 Å². The van der Waals surface area contributed by atoms with Crippen molar-refractivity contribution in [3.8, 4) is 0 Å². The number of aromatic amines is 1. The quantitative estimate of drug-likeness (QED) is 0.827. The number of aromatic nitrogens is 4. The van der Waals surface area contributed by atoms with Gasteiger partial charge in [-0.25, -0.2) is 4.98 Å². The number of carbonyl (C=O) groups is 1. The minimum atomic E-state index is -0.307. The number of carbonyl (C=O) groups excluding carboxylic acids is 1. The molecule has 0 radical (unpaired) electrons. The fourth-order valence-corrected chi connectivity index (χ4v) is 1.26. The van der Waals surface area contributed by atoms with Gasteiger partial charge in [0.05, 0.1) is 6.54 Å². The lowest BCUT2D eigenvalue weighted by molar-refractivity contribution is 0.0945. The van der Waals surface area contributed by atoms with Crippen molar-refractivity contribution in [2.45, 2.75) is 6.54 Å². The monoisotopic (exact) mass is 237 g/mol. The lowest BCUT2D eigenvalue weighted by Gasteiger charge is -2.02. The molecule has 2 aromatic heterocycles. The number of amides is 1. The number of pyridine rings is 1. The molecule has 1 amide bonds. The van der Waals surface area contributed by atoms with Crippen molar-refractivity contribution in [2.24, 2.45) is 0 Å². The fourth-order valence-electron chi connectivity index (χ4n) is 1.10. The Morgan fingerprint density at radius 1 is 1.50 bits per heavy atom. The van der Waals surface area contributed by atoms with E-state index >= 15 is 0 Å². The standard InChI is InChI=1S/C9H8ClN5O/c10-6-1-2-11-7(3-6)9(16)12-4-8-13-5-14-15-8/h1-3,5H,4H2,(H,12,16)(H,13,14,15). The summed E-state index contributed by atoms with van der Waals surface area (Å²) < 4.78 is 0. The highest BCUT2D eigenvalue weighted by molar-refractivity contribution is 6.30. The van der Waals surface area contributed by atoms with Gasteiger partial charge in [-0.15, -0.1) is 0 Å². The third kappa shape index (κ3) is 2.54. The zero-order chi connectivity index (χ0) is 11.4. The summed E-state index contributed by atoms with van der Waals surface area (Å²) in [5, 5.41) is 9.40. The predicted molar refractivity (Wildman–Crippen MR) is 56.8 cm³/mol. The Morgan fingerprint density at radius 3 is 3.06 bits per heavy atom. The number of rotatable bonds is 3. The summed E-state index contributed by atoms with van der Waals surface area (Å²) in [4.78, 5) is 19.4. The van der Waals surface area contributed by atoms with Crippen LogP contribution in [0.2, 0.25) is 5.02 Å². The first-order chi connectivity index (χ1) is 7.75. The molecule has 7 heteroatoms. The molecule has 2 aromatic rings. The molecule has 0 aliphatic carbocycles. The number of hydrogen-bond donors (Lipinski definition) is 2. The molecule has 0 aliphatic heterocycles. The Hall–Kier alpha value is -1.95. The van der Waals surface area contributed by atoms with E-state index in [1.54, 1.807) is 6.07 Å².